The first-order valence-electron chi connectivity index (χ1n) is 8.63. The van der Waals surface area contributed by atoms with Gasteiger partial charge in [0.15, 0.2) is 0 Å². The average Bonchev–Trinajstić information content (AvgIpc) is 2.99. The zero-order valence-corrected chi connectivity index (χ0v) is 16.0. The number of piperidine rings is 1. The maximum atomic E-state index is 12.8. The Labute approximate surface area is 162 Å². The molecular formula is C19H18ClN3O3S. The van der Waals surface area contributed by atoms with Gasteiger partial charge in [0, 0.05) is 36.5 Å². The molecular weight excluding hydrogens is 386 g/mol. The average molecular weight is 404 g/mol. The highest BCUT2D eigenvalue weighted by molar-refractivity contribution is 7.89. The number of aliphatic imine (C=N–C) groups is 1. The maximum Gasteiger partial charge on any atom is 0.272 e. The number of carbonyl (C=O) groups is 1. The number of hydrogen-bond donors (Lipinski definition) is 1. The third-order valence-corrected chi connectivity index (χ3v) is 7.10. The van der Waals surface area contributed by atoms with Gasteiger partial charge in [-0.1, -0.05) is 41.9 Å². The van der Waals surface area contributed by atoms with Crippen LogP contribution in [0.1, 0.15) is 18.4 Å². The van der Waals surface area contributed by atoms with E-state index in [9.17, 15) is 13.2 Å². The highest BCUT2D eigenvalue weighted by atomic mass is 35.5. The molecule has 0 aliphatic carbocycles. The molecule has 1 spiro atoms. The third-order valence-electron chi connectivity index (χ3n) is 4.94. The van der Waals surface area contributed by atoms with Crippen LogP contribution < -0.4 is 5.32 Å². The highest BCUT2D eigenvalue weighted by Gasteiger charge is 2.44. The summed E-state index contributed by atoms with van der Waals surface area (Å²) in [6, 6.07) is 15.3. The van der Waals surface area contributed by atoms with Gasteiger partial charge >= 0.3 is 0 Å². The SMILES string of the molecule is O=C1NC2(CCN(S(=O)(=O)c3ccccc3)CC2)N=C1c1ccc(Cl)cc1. The molecule has 2 heterocycles. The van der Waals surface area contributed by atoms with Gasteiger partial charge in [0.25, 0.3) is 5.91 Å². The second-order valence-corrected chi connectivity index (χ2v) is 9.04. The summed E-state index contributed by atoms with van der Waals surface area (Å²) in [7, 11) is -3.53. The fraction of sp³-hybridized carbons (Fsp3) is 0.263. The number of nitrogens with zero attached hydrogens (tertiary/aromatic N) is 2. The zero-order valence-electron chi connectivity index (χ0n) is 14.4. The minimum Gasteiger partial charge on any atom is -0.326 e. The van der Waals surface area contributed by atoms with Crippen LogP contribution >= 0.6 is 11.6 Å². The van der Waals surface area contributed by atoms with Gasteiger partial charge in [-0.25, -0.2) is 8.42 Å². The van der Waals surface area contributed by atoms with Crippen molar-refractivity contribution in [1.29, 1.82) is 0 Å². The number of amides is 1. The van der Waals surface area contributed by atoms with Crippen LogP contribution in [0.2, 0.25) is 5.02 Å². The van der Waals surface area contributed by atoms with E-state index in [2.05, 4.69) is 10.3 Å². The molecule has 6 nitrogen and oxygen atoms in total. The molecule has 1 saturated heterocycles. The molecule has 8 heteroatoms. The fourth-order valence-electron chi connectivity index (χ4n) is 3.44. The van der Waals surface area contributed by atoms with Crippen molar-refractivity contribution < 1.29 is 13.2 Å². The van der Waals surface area contributed by atoms with E-state index < -0.39 is 15.7 Å². The standard InChI is InChI=1S/C19H18ClN3O3S/c20-15-8-6-14(7-9-15)17-18(24)22-19(21-17)10-12-23(13-11-19)27(25,26)16-4-2-1-3-5-16/h1-9H,10-13H2,(H,22,24). The Morgan fingerprint density at radius 2 is 1.63 bits per heavy atom. The summed E-state index contributed by atoms with van der Waals surface area (Å²) < 4.78 is 27.0. The molecule has 4 rings (SSSR count). The smallest absolute Gasteiger partial charge is 0.272 e. The van der Waals surface area contributed by atoms with Crippen LogP contribution in [0, 0.1) is 0 Å². The lowest BCUT2D eigenvalue weighted by atomic mass is 10.00. The van der Waals surface area contributed by atoms with Crippen molar-refractivity contribution in [3.63, 3.8) is 0 Å². The molecule has 0 unspecified atom stereocenters. The Balaban J connectivity index is 1.53. The first-order chi connectivity index (χ1) is 12.9. The van der Waals surface area contributed by atoms with Gasteiger partial charge in [0.05, 0.1) is 4.90 Å². The van der Waals surface area contributed by atoms with Crippen molar-refractivity contribution >= 4 is 33.2 Å². The van der Waals surface area contributed by atoms with E-state index in [1.807, 2.05) is 0 Å². The highest BCUT2D eigenvalue weighted by Crippen LogP contribution is 2.31. The topological polar surface area (TPSA) is 78.8 Å². The van der Waals surface area contributed by atoms with Crippen LogP contribution in [0.25, 0.3) is 0 Å². The molecule has 2 aromatic rings. The van der Waals surface area contributed by atoms with Crippen LogP contribution in [-0.2, 0) is 14.8 Å². The first kappa shape index (κ1) is 18.2. The summed E-state index contributed by atoms with van der Waals surface area (Å²) in [5, 5.41) is 3.54. The van der Waals surface area contributed by atoms with Gasteiger partial charge in [-0.05, 0) is 24.3 Å². The largest absolute Gasteiger partial charge is 0.326 e. The van der Waals surface area contributed by atoms with Crippen molar-refractivity contribution in [2.45, 2.75) is 23.4 Å². The second kappa shape index (κ2) is 6.74. The van der Waals surface area contributed by atoms with Gasteiger partial charge in [0.2, 0.25) is 10.0 Å². The molecule has 1 fully saturated rings. The lowest BCUT2D eigenvalue weighted by Gasteiger charge is -2.36. The number of halogens is 1. The fourth-order valence-corrected chi connectivity index (χ4v) is 5.03. The number of nitrogens with one attached hydrogen (secondary N) is 1. The minimum atomic E-state index is -3.53. The van der Waals surface area contributed by atoms with Gasteiger partial charge in [-0.3, -0.25) is 9.79 Å². The Morgan fingerprint density at radius 1 is 1.00 bits per heavy atom. The van der Waals surface area contributed by atoms with Crippen LogP contribution in [0.4, 0.5) is 0 Å². The van der Waals surface area contributed by atoms with E-state index in [0.29, 0.717) is 42.2 Å². The molecule has 0 atom stereocenters. The Kier molecular flexibility index (Phi) is 4.53. The summed E-state index contributed by atoms with van der Waals surface area (Å²) in [5.41, 5.74) is 0.327. The lowest BCUT2D eigenvalue weighted by molar-refractivity contribution is -0.115. The van der Waals surface area contributed by atoms with E-state index in [-0.39, 0.29) is 10.8 Å². The molecule has 0 radical (unpaired) electrons. The number of rotatable bonds is 3. The monoisotopic (exact) mass is 403 g/mol. The van der Waals surface area contributed by atoms with Gasteiger partial charge in [-0.2, -0.15) is 4.31 Å². The van der Waals surface area contributed by atoms with Gasteiger partial charge < -0.3 is 5.32 Å². The normalized spacial score (nSPS) is 19.7. The second-order valence-electron chi connectivity index (χ2n) is 6.67. The molecule has 140 valence electrons. The predicted molar refractivity (Wildman–Crippen MR) is 103 cm³/mol. The molecule has 0 bridgehead atoms. The molecule has 1 N–H and O–H groups in total. The van der Waals surface area contributed by atoms with E-state index in [1.54, 1.807) is 54.6 Å². The van der Waals surface area contributed by atoms with Crippen molar-refractivity contribution in [2.24, 2.45) is 4.99 Å². The Morgan fingerprint density at radius 3 is 2.26 bits per heavy atom. The number of benzene rings is 2. The van der Waals surface area contributed by atoms with Crippen molar-refractivity contribution in [3.8, 4) is 0 Å². The summed E-state index contributed by atoms with van der Waals surface area (Å²) in [6.45, 7) is 0.601. The van der Waals surface area contributed by atoms with Crippen LogP contribution in [0.15, 0.2) is 64.5 Å². The van der Waals surface area contributed by atoms with Crippen molar-refractivity contribution in [3.05, 3.63) is 65.2 Å². The van der Waals surface area contributed by atoms with Crippen molar-refractivity contribution in [1.82, 2.24) is 9.62 Å². The Hall–Kier alpha value is -2.22. The van der Waals surface area contributed by atoms with Gasteiger partial charge in [-0.15, -0.1) is 0 Å². The van der Waals surface area contributed by atoms with Crippen molar-refractivity contribution in [2.75, 3.05) is 13.1 Å². The molecule has 1 amide bonds. The first-order valence-corrected chi connectivity index (χ1v) is 10.4. The summed E-state index contributed by atoms with van der Waals surface area (Å²) in [5.74, 6) is -0.239. The molecule has 2 aliphatic heterocycles. The third kappa shape index (κ3) is 3.38. The quantitative estimate of drug-likeness (QED) is 0.854. The summed E-state index contributed by atoms with van der Waals surface area (Å²) >= 11 is 5.90. The number of sulfonamides is 1. The van der Waals surface area contributed by atoms with Gasteiger partial charge in [0.1, 0.15) is 11.4 Å². The number of hydrogen-bond acceptors (Lipinski definition) is 4. The zero-order chi connectivity index (χ0) is 19.1. The minimum absolute atomic E-state index is 0.239. The predicted octanol–water partition coefficient (Wildman–Crippen LogP) is 2.44. The molecule has 0 aromatic heterocycles. The summed E-state index contributed by atoms with van der Waals surface area (Å²) in [4.78, 5) is 17.3. The molecule has 27 heavy (non-hydrogen) atoms. The maximum absolute atomic E-state index is 12.8. The lowest BCUT2D eigenvalue weighted by Crippen LogP contribution is -2.52. The van der Waals surface area contributed by atoms with E-state index in [1.165, 1.54) is 4.31 Å². The van der Waals surface area contributed by atoms with Crippen LogP contribution in [0.3, 0.4) is 0 Å². The summed E-state index contributed by atoms with van der Waals surface area (Å²) in [6.07, 6.45) is 0.865. The molecule has 0 saturated carbocycles. The van der Waals surface area contributed by atoms with E-state index >= 15 is 0 Å². The molecule has 2 aromatic carbocycles. The Bertz CT molecular complexity index is 996. The molecule has 2 aliphatic rings. The van der Waals surface area contributed by atoms with E-state index in [4.69, 9.17) is 11.6 Å². The number of carbonyl (C=O) groups excluding carboxylic acids is 1. The van der Waals surface area contributed by atoms with Crippen LogP contribution in [0.5, 0.6) is 0 Å². The van der Waals surface area contributed by atoms with E-state index in [0.717, 1.165) is 0 Å². The van der Waals surface area contributed by atoms with Crippen LogP contribution in [-0.4, -0.2) is 43.1 Å².